The zero-order valence-corrected chi connectivity index (χ0v) is 14.2. The Labute approximate surface area is 137 Å². The minimum atomic E-state index is -3.73. The fraction of sp³-hybridized carbons (Fsp3) is 0.583. The van der Waals surface area contributed by atoms with Crippen LogP contribution in [-0.2, 0) is 14.8 Å². The summed E-state index contributed by atoms with van der Waals surface area (Å²) in [5.41, 5.74) is 0. The van der Waals surface area contributed by atoms with Crippen molar-refractivity contribution >= 4 is 50.5 Å². The Bertz CT molecular complexity index is 629. The van der Waals surface area contributed by atoms with Crippen LogP contribution in [0.15, 0.2) is 11.0 Å². The van der Waals surface area contributed by atoms with Crippen LogP contribution in [0.5, 0.6) is 0 Å². The maximum atomic E-state index is 12.7. The number of hydrogen-bond acceptors (Lipinski definition) is 4. The van der Waals surface area contributed by atoms with E-state index in [-0.39, 0.29) is 21.7 Å². The number of carbonyl (C=O) groups is 1. The molecule has 9 heteroatoms. The van der Waals surface area contributed by atoms with Gasteiger partial charge in [0.15, 0.2) is 0 Å². The average molecular weight is 372 g/mol. The summed E-state index contributed by atoms with van der Waals surface area (Å²) in [5.74, 6) is -0.922. The van der Waals surface area contributed by atoms with Crippen LogP contribution in [0.1, 0.15) is 32.1 Å². The molecule has 1 aliphatic rings. The van der Waals surface area contributed by atoms with E-state index in [1.54, 1.807) is 0 Å². The standard InChI is InChI=1S/C12H15Cl2NO4S2/c13-10-7-9(12(14)20-10)21(18,19)15-6-2-1-3-8(15)4-5-11(16)17/h7-8H,1-6H2,(H,16,17). The Hall–Kier alpha value is -0.340. The molecule has 1 atom stereocenters. The van der Waals surface area contributed by atoms with E-state index in [1.165, 1.54) is 10.4 Å². The number of rotatable bonds is 5. The highest BCUT2D eigenvalue weighted by Crippen LogP contribution is 2.37. The summed E-state index contributed by atoms with van der Waals surface area (Å²) in [6.45, 7) is 0.385. The maximum Gasteiger partial charge on any atom is 0.303 e. The minimum Gasteiger partial charge on any atom is -0.481 e. The number of sulfonamides is 1. The molecular formula is C12H15Cl2NO4S2. The van der Waals surface area contributed by atoms with Crippen LogP contribution in [0, 0.1) is 0 Å². The Morgan fingerprint density at radius 2 is 2.14 bits per heavy atom. The van der Waals surface area contributed by atoms with Gasteiger partial charge in [0.05, 0.1) is 4.34 Å². The number of carboxylic acids is 1. The normalized spacial score (nSPS) is 20.6. The van der Waals surface area contributed by atoms with Crippen molar-refractivity contribution in [2.45, 2.75) is 43.0 Å². The number of hydrogen-bond donors (Lipinski definition) is 1. The molecule has 0 amide bonds. The first-order valence-electron chi connectivity index (χ1n) is 6.51. The summed E-state index contributed by atoms with van der Waals surface area (Å²) in [6, 6.07) is 1.06. The van der Waals surface area contributed by atoms with Gasteiger partial charge in [0.1, 0.15) is 9.23 Å². The van der Waals surface area contributed by atoms with Gasteiger partial charge in [-0.3, -0.25) is 4.79 Å². The van der Waals surface area contributed by atoms with Crippen molar-refractivity contribution in [1.82, 2.24) is 4.31 Å². The average Bonchev–Trinajstić information content (AvgIpc) is 2.76. The largest absolute Gasteiger partial charge is 0.481 e. The first-order valence-corrected chi connectivity index (χ1v) is 9.52. The predicted octanol–water partition coefficient (Wildman–Crippen LogP) is 3.46. The fourth-order valence-electron chi connectivity index (χ4n) is 2.50. The molecule has 0 radical (unpaired) electrons. The number of nitrogens with zero attached hydrogens (tertiary/aromatic N) is 1. The van der Waals surface area contributed by atoms with E-state index < -0.39 is 16.0 Å². The maximum absolute atomic E-state index is 12.7. The number of carboxylic acid groups (broad SMARTS) is 1. The van der Waals surface area contributed by atoms with Crippen LogP contribution >= 0.6 is 34.5 Å². The number of thiophene rings is 1. The van der Waals surface area contributed by atoms with Gasteiger partial charge in [-0.15, -0.1) is 11.3 Å². The molecule has 0 aromatic carbocycles. The van der Waals surface area contributed by atoms with Gasteiger partial charge in [-0.05, 0) is 25.3 Å². The summed E-state index contributed by atoms with van der Waals surface area (Å²) < 4.78 is 27.3. The molecule has 1 saturated heterocycles. The van der Waals surface area contributed by atoms with E-state index in [9.17, 15) is 13.2 Å². The van der Waals surface area contributed by atoms with Gasteiger partial charge >= 0.3 is 5.97 Å². The first-order chi connectivity index (χ1) is 9.82. The Balaban J connectivity index is 2.27. The van der Waals surface area contributed by atoms with Gasteiger partial charge < -0.3 is 5.11 Å². The van der Waals surface area contributed by atoms with Crippen molar-refractivity contribution in [3.8, 4) is 0 Å². The molecule has 1 aromatic rings. The van der Waals surface area contributed by atoms with Crippen LogP contribution in [0.2, 0.25) is 8.67 Å². The van der Waals surface area contributed by atoms with Gasteiger partial charge in [-0.2, -0.15) is 4.31 Å². The predicted molar refractivity (Wildman–Crippen MR) is 82.7 cm³/mol. The topological polar surface area (TPSA) is 74.7 Å². The third kappa shape index (κ3) is 3.90. The quantitative estimate of drug-likeness (QED) is 0.859. The zero-order chi connectivity index (χ0) is 15.6. The molecule has 1 fully saturated rings. The first kappa shape index (κ1) is 17.0. The van der Waals surface area contributed by atoms with Gasteiger partial charge in [-0.25, -0.2) is 8.42 Å². The molecule has 118 valence electrons. The van der Waals surface area contributed by atoms with Crippen molar-refractivity contribution in [3.05, 3.63) is 14.7 Å². The highest BCUT2D eigenvalue weighted by atomic mass is 35.5. The second-order valence-electron chi connectivity index (χ2n) is 4.89. The highest BCUT2D eigenvalue weighted by molar-refractivity contribution is 7.89. The van der Waals surface area contributed by atoms with Crippen molar-refractivity contribution in [2.75, 3.05) is 6.54 Å². The lowest BCUT2D eigenvalue weighted by molar-refractivity contribution is -0.137. The zero-order valence-electron chi connectivity index (χ0n) is 11.1. The molecule has 0 aliphatic carbocycles. The molecule has 5 nitrogen and oxygen atoms in total. The molecule has 1 aromatic heterocycles. The summed E-state index contributed by atoms with van der Waals surface area (Å²) in [7, 11) is -3.73. The van der Waals surface area contributed by atoms with Crippen molar-refractivity contribution in [1.29, 1.82) is 0 Å². The lowest BCUT2D eigenvalue weighted by Gasteiger charge is -2.34. The molecule has 0 spiro atoms. The smallest absolute Gasteiger partial charge is 0.303 e. The Kier molecular flexibility index (Phi) is 5.54. The highest BCUT2D eigenvalue weighted by Gasteiger charge is 2.35. The molecular weight excluding hydrogens is 357 g/mol. The molecule has 21 heavy (non-hydrogen) atoms. The van der Waals surface area contributed by atoms with Crippen molar-refractivity contribution < 1.29 is 18.3 Å². The molecule has 1 unspecified atom stereocenters. The SMILES string of the molecule is O=C(O)CCC1CCCCN1S(=O)(=O)c1cc(Cl)sc1Cl. The second kappa shape index (κ2) is 6.83. The van der Waals surface area contributed by atoms with Crippen LogP contribution in [-0.4, -0.2) is 36.4 Å². The number of piperidine rings is 1. The van der Waals surface area contributed by atoms with E-state index in [4.69, 9.17) is 28.3 Å². The van der Waals surface area contributed by atoms with Gasteiger partial charge in [0.25, 0.3) is 0 Å². The van der Waals surface area contributed by atoms with E-state index in [0.29, 0.717) is 23.7 Å². The summed E-state index contributed by atoms with van der Waals surface area (Å²) in [6.07, 6.45) is 2.59. The van der Waals surface area contributed by atoms with Gasteiger partial charge in [0.2, 0.25) is 10.0 Å². The van der Waals surface area contributed by atoms with Crippen LogP contribution in [0.3, 0.4) is 0 Å². The third-order valence-corrected chi connectivity index (χ3v) is 7.18. The van der Waals surface area contributed by atoms with Crippen LogP contribution in [0.25, 0.3) is 0 Å². The van der Waals surface area contributed by atoms with E-state index in [1.807, 2.05) is 0 Å². The monoisotopic (exact) mass is 371 g/mol. The van der Waals surface area contributed by atoms with E-state index >= 15 is 0 Å². The van der Waals surface area contributed by atoms with E-state index in [0.717, 1.165) is 24.2 Å². The van der Waals surface area contributed by atoms with Crippen molar-refractivity contribution in [2.24, 2.45) is 0 Å². The molecule has 2 heterocycles. The number of aliphatic carboxylic acids is 1. The molecule has 0 bridgehead atoms. The van der Waals surface area contributed by atoms with Gasteiger partial charge in [0, 0.05) is 19.0 Å². The van der Waals surface area contributed by atoms with Crippen LogP contribution in [0.4, 0.5) is 0 Å². The Morgan fingerprint density at radius 3 is 2.71 bits per heavy atom. The fourth-order valence-corrected chi connectivity index (χ4v) is 6.33. The third-order valence-electron chi connectivity index (χ3n) is 3.48. The van der Waals surface area contributed by atoms with E-state index in [2.05, 4.69) is 0 Å². The molecule has 1 aliphatic heterocycles. The van der Waals surface area contributed by atoms with Crippen LogP contribution < -0.4 is 0 Å². The second-order valence-corrected chi connectivity index (χ2v) is 9.03. The molecule has 1 N–H and O–H groups in total. The Morgan fingerprint density at radius 1 is 1.43 bits per heavy atom. The summed E-state index contributed by atoms with van der Waals surface area (Å²) in [4.78, 5) is 10.7. The van der Waals surface area contributed by atoms with Crippen molar-refractivity contribution in [3.63, 3.8) is 0 Å². The molecule has 0 saturated carbocycles. The lowest BCUT2D eigenvalue weighted by atomic mass is 10.0. The summed E-state index contributed by atoms with van der Waals surface area (Å²) in [5, 5.41) is 8.79. The minimum absolute atomic E-state index is 0.0152. The lowest BCUT2D eigenvalue weighted by Crippen LogP contribution is -2.43. The van der Waals surface area contributed by atoms with Gasteiger partial charge in [-0.1, -0.05) is 29.6 Å². The summed E-state index contributed by atoms with van der Waals surface area (Å²) >= 11 is 12.8. The number of halogens is 2. The molecule has 2 rings (SSSR count).